The summed E-state index contributed by atoms with van der Waals surface area (Å²) in [5.41, 5.74) is 1.19. The van der Waals surface area contributed by atoms with Gasteiger partial charge in [0.25, 0.3) is 5.91 Å². The first kappa shape index (κ1) is 18.4. The normalized spacial score (nSPS) is 19.2. The Morgan fingerprint density at radius 1 is 1.23 bits per heavy atom. The molecule has 0 radical (unpaired) electrons. The van der Waals surface area contributed by atoms with Gasteiger partial charge in [0, 0.05) is 0 Å². The molecule has 0 bridgehead atoms. The molecule has 1 saturated heterocycles. The molecule has 1 aliphatic heterocycles. The van der Waals surface area contributed by atoms with Crippen LogP contribution in [0.4, 0.5) is 4.79 Å². The largest absolute Gasteiger partial charge is 0.425 e. The molecule has 1 saturated carbocycles. The molecule has 1 aromatic carbocycles. The van der Waals surface area contributed by atoms with Crippen molar-refractivity contribution >= 4 is 17.9 Å². The van der Waals surface area contributed by atoms with Gasteiger partial charge in [0.15, 0.2) is 0 Å². The van der Waals surface area contributed by atoms with E-state index < -0.39 is 17.5 Å². The minimum atomic E-state index is -0.804. The number of carbonyl (C=O) groups excluding carboxylic acids is 3. The number of amides is 3. The Hall–Kier alpha value is -2.37. The van der Waals surface area contributed by atoms with E-state index in [1.807, 2.05) is 19.1 Å². The fourth-order valence-electron chi connectivity index (χ4n) is 3.65. The number of nitrogens with zero attached hydrogens (tertiary/aromatic N) is 1. The lowest BCUT2D eigenvalue weighted by molar-refractivity contribution is -0.141. The van der Waals surface area contributed by atoms with Crippen molar-refractivity contribution in [2.24, 2.45) is 0 Å². The number of urea groups is 1. The van der Waals surface area contributed by atoms with Gasteiger partial charge in [-0.2, -0.15) is 0 Å². The Balaban J connectivity index is 1.68. The lowest BCUT2D eigenvalue weighted by Crippen LogP contribution is -2.44. The SMILES string of the molecule is Cc1cc(C(C)(C)C)ccc1OC(=O)CN1C(=O)NC2(CCCC2)C1=O. The van der Waals surface area contributed by atoms with Crippen molar-refractivity contribution in [2.45, 2.75) is 64.3 Å². The van der Waals surface area contributed by atoms with Gasteiger partial charge in [-0.15, -0.1) is 0 Å². The molecule has 3 rings (SSSR count). The Labute approximate surface area is 153 Å². The summed E-state index contributed by atoms with van der Waals surface area (Å²) in [5, 5.41) is 2.76. The summed E-state index contributed by atoms with van der Waals surface area (Å²) in [4.78, 5) is 38.0. The van der Waals surface area contributed by atoms with Crippen LogP contribution in [0.25, 0.3) is 0 Å². The van der Waals surface area contributed by atoms with Gasteiger partial charge in [-0.1, -0.05) is 45.7 Å². The molecule has 140 valence electrons. The first-order chi connectivity index (χ1) is 12.1. The van der Waals surface area contributed by atoms with E-state index in [0.29, 0.717) is 18.6 Å². The number of benzene rings is 1. The average molecular weight is 358 g/mol. The highest BCUT2D eigenvalue weighted by atomic mass is 16.5. The summed E-state index contributed by atoms with van der Waals surface area (Å²) < 4.78 is 5.41. The Bertz CT molecular complexity index is 758. The number of carbonyl (C=O) groups is 3. The van der Waals surface area contributed by atoms with Gasteiger partial charge in [-0.05, 0) is 42.4 Å². The summed E-state index contributed by atoms with van der Waals surface area (Å²) in [6.07, 6.45) is 3.08. The number of imide groups is 1. The second-order valence-electron chi connectivity index (χ2n) is 8.32. The molecule has 2 aliphatic rings. The van der Waals surface area contributed by atoms with Gasteiger partial charge in [-0.25, -0.2) is 9.59 Å². The van der Waals surface area contributed by atoms with Crippen LogP contribution >= 0.6 is 0 Å². The first-order valence-corrected chi connectivity index (χ1v) is 9.08. The molecule has 0 aromatic heterocycles. The Morgan fingerprint density at radius 3 is 2.46 bits per heavy atom. The van der Waals surface area contributed by atoms with Gasteiger partial charge in [-0.3, -0.25) is 9.69 Å². The number of nitrogens with one attached hydrogen (secondary N) is 1. The number of aryl methyl sites for hydroxylation is 1. The van der Waals surface area contributed by atoms with Crippen LogP contribution in [-0.2, 0) is 15.0 Å². The number of esters is 1. The van der Waals surface area contributed by atoms with Crippen molar-refractivity contribution < 1.29 is 19.1 Å². The number of hydrogen-bond donors (Lipinski definition) is 1. The van der Waals surface area contributed by atoms with Crippen LogP contribution in [0.2, 0.25) is 0 Å². The van der Waals surface area contributed by atoms with E-state index in [-0.39, 0.29) is 17.9 Å². The fraction of sp³-hybridized carbons (Fsp3) is 0.550. The number of rotatable bonds is 3. The molecular formula is C20H26N2O4. The van der Waals surface area contributed by atoms with E-state index >= 15 is 0 Å². The fourth-order valence-corrected chi connectivity index (χ4v) is 3.65. The van der Waals surface area contributed by atoms with Crippen molar-refractivity contribution in [3.8, 4) is 5.75 Å². The third-order valence-electron chi connectivity index (χ3n) is 5.25. The summed E-state index contributed by atoms with van der Waals surface area (Å²) in [6.45, 7) is 7.85. The molecule has 1 aromatic rings. The van der Waals surface area contributed by atoms with Crippen LogP contribution in [0.3, 0.4) is 0 Å². The van der Waals surface area contributed by atoms with E-state index in [1.54, 1.807) is 6.07 Å². The monoisotopic (exact) mass is 358 g/mol. The summed E-state index contributed by atoms with van der Waals surface area (Å²) in [5.74, 6) is -0.474. The van der Waals surface area contributed by atoms with Gasteiger partial charge >= 0.3 is 12.0 Å². The topological polar surface area (TPSA) is 75.7 Å². The summed E-state index contributed by atoms with van der Waals surface area (Å²) in [6, 6.07) is 5.17. The molecule has 2 fully saturated rings. The molecule has 26 heavy (non-hydrogen) atoms. The minimum Gasteiger partial charge on any atom is -0.425 e. The van der Waals surface area contributed by atoms with Crippen molar-refractivity contribution in [3.05, 3.63) is 29.3 Å². The Morgan fingerprint density at radius 2 is 1.88 bits per heavy atom. The lowest BCUT2D eigenvalue weighted by atomic mass is 9.86. The highest BCUT2D eigenvalue weighted by molar-refractivity contribution is 6.08. The highest BCUT2D eigenvalue weighted by Gasteiger charge is 2.52. The lowest BCUT2D eigenvalue weighted by Gasteiger charge is -2.21. The zero-order valence-corrected chi connectivity index (χ0v) is 15.8. The third-order valence-corrected chi connectivity index (χ3v) is 5.25. The second kappa shape index (κ2) is 6.41. The van der Waals surface area contributed by atoms with Gasteiger partial charge in [0.1, 0.15) is 17.8 Å². The molecule has 1 heterocycles. The molecule has 6 nitrogen and oxygen atoms in total. The number of hydrogen-bond acceptors (Lipinski definition) is 4. The maximum absolute atomic E-state index is 12.6. The van der Waals surface area contributed by atoms with Crippen molar-refractivity contribution in [2.75, 3.05) is 6.54 Å². The van der Waals surface area contributed by atoms with Gasteiger partial charge in [0.05, 0.1) is 0 Å². The zero-order chi connectivity index (χ0) is 19.1. The van der Waals surface area contributed by atoms with Crippen LogP contribution in [0.15, 0.2) is 18.2 Å². The summed E-state index contributed by atoms with van der Waals surface area (Å²) in [7, 11) is 0. The van der Waals surface area contributed by atoms with E-state index in [1.165, 1.54) is 0 Å². The standard InChI is InChI=1S/C20H26N2O4/c1-13-11-14(19(2,3)4)7-8-15(13)26-16(23)12-22-17(24)20(21-18(22)25)9-5-6-10-20/h7-8,11H,5-6,9-10,12H2,1-4H3,(H,21,25). The van der Waals surface area contributed by atoms with E-state index in [0.717, 1.165) is 28.9 Å². The molecule has 1 aliphatic carbocycles. The van der Waals surface area contributed by atoms with Crippen LogP contribution in [0, 0.1) is 6.92 Å². The predicted molar refractivity (Wildman–Crippen MR) is 97.0 cm³/mol. The van der Waals surface area contributed by atoms with Gasteiger partial charge < -0.3 is 10.1 Å². The molecule has 6 heteroatoms. The van der Waals surface area contributed by atoms with Crippen molar-refractivity contribution in [1.82, 2.24) is 10.2 Å². The maximum Gasteiger partial charge on any atom is 0.331 e. The van der Waals surface area contributed by atoms with Crippen molar-refractivity contribution in [1.29, 1.82) is 0 Å². The van der Waals surface area contributed by atoms with Gasteiger partial charge in [0.2, 0.25) is 0 Å². The van der Waals surface area contributed by atoms with Crippen LogP contribution in [0.1, 0.15) is 57.6 Å². The third kappa shape index (κ3) is 3.32. The molecule has 0 unspecified atom stereocenters. The quantitative estimate of drug-likeness (QED) is 0.512. The molecule has 3 amide bonds. The van der Waals surface area contributed by atoms with Crippen molar-refractivity contribution in [3.63, 3.8) is 0 Å². The smallest absolute Gasteiger partial charge is 0.331 e. The van der Waals surface area contributed by atoms with E-state index in [9.17, 15) is 14.4 Å². The maximum atomic E-state index is 12.6. The molecule has 0 atom stereocenters. The molecule has 1 spiro atoms. The Kier molecular flexibility index (Phi) is 4.54. The average Bonchev–Trinajstić information content (AvgIpc) is 3.10. The van der Waals surface area contributed by atoms with Crippen LogP contribution < -0.4 is 10.1 Å². The first-order valence-electron chi connectivity index (χ1n) is 9.08. The van der Waals surface area contributed by atoms with Crippen LogP contribution in [-0.4, -0.2) is 34.9 Å². The second-order valence-corrected chi connectivity index (χ2v) is 8.32. The molecular weight excluding hydrogens is 332 g/mol. The number of ether oxygens (including phenoxy) is 1. The molecule has 1 N–H and O–H groups in total. The van der Waals surface area contributed by atoms with E-state index in [4.69, 9.17) is 4.74 Å². The zero-order valence-electron chi connectivity index (χ0n) is 15.8. The summed E-state index contributed by atoms with van der Waals surface area (Å²) >= 11 is 0. The van der Waals surface area contributed by atoms with E-state index in [2.05, 4.69) is 26.1 Å². The van der Waals surface area contributed by atoms with Crippen LogP contribution in [0.5, 0.6) is 5.75 Å². The highest BCUT2D eigenvalue weighted by Crippen LogP contribution is 2.35. The predicted octanol–water partition coefficient (Wildman–Crippen LogP) is 3.06. The minimum absolute atomic E-state index is 0.00293.